The second-order valence-corrected chi connectivity index (χ2v) is 4.95. The highest BCUT2D eigenvalue weighted by atomic mass is 79.9. The van der Waals surface area contributed by atoms with E-state index in [0.717, 1.165) is 10.0 Å². The largest absolute Gasteiger partial charge is 0.469 e. The van der Waals surface area contributed by atoms with Crippen molar-refractivity contribution in [3.8, 4) is 0 Å². The van der Waals surface area contributed by atoms with Crippen molar-refractivity contribution >= 4 is 33.2 Å². The fourth-order valence-corrected chi connectivity index (χ4v) is 2.33. The normalized spacial score (nSPS) is 10.4. The van der Waals surface area contributed by atoms with Crippen molar-refractivity contribution in [3.05, 3.63) is 45.8 Å². The molecule has 0 bridgehead atoms. The van der Waals surface area contributed by atoms with Crippen LogP contribution in [0.5, 0.6) is 0 Å². The molecule has 1 aromatic carbocycles. The summed E-state index contributed by atoms with van der Waals surface area (Å²) < 4.78 is 5.99. The van der Waals surface area contributed by atoms with Crippen molar-refractivity contribution in [2.24, 2.45) is 0 Å². The minimum absolute atomic E-state index is 0.224. The third-order valence-electron chi connectivity index (χ3n) is 2.67. The molecule has 0 spiro atoms. The van der Waals surface area contributed by atoms with E-state index in [1.807, 2.05) is 13.0 Å². The van der Waals surface area contributed by atoms with Crippen LogP contribution in [0.25, 0.3) is 0 Å². The van der Waals surface area contributed by atoms with Crippen molar-refractivity contribution < 1.29 is 9.21 Å². The van der Waals surface area contributed by atoms with E-state index in [0.29, 0.717) is 22.7 Å². The minimum Gasteiger partial charge on any atom is -0.469 e. The van der Waals surface area contributed by atoms with Crippen molar-refractivity contribution in [1.29, 1.82) is 0 Å². The highest BCUT2D eigenvalue weighted by Crippen LogP contribution is 2.28. The summed E-state index contributed by atoms with van der Waals surface area (Å²) in [6.45, 7) is 3.63. The molecule has 0 radical (unpaired) electrons. The lowest BCUT2D eigenvalue weighted by molar-refractivity contribution is 0.102. The first-order chi connectivity index (χ1) is 8.49. The molecule has 1 aromatic heterocycles. The van der Waals surface area contributed by atoms with Crippen molar-refractivity contribution in [1.82, 2.24) is 0 Å². The average Bonchev–Trinajstić information content (AvgIpc) is 2.69. The van der Waals surface area contributed by atoms with E-state index in [9.17, 15) is 4.79 Å². The van der Waals surface area contributed by atoms with Gasteiger partial charge in [0.15, 0.2) is 0 Å². The molecule has 94 valence electrons. The van der Waals surface area contributed by atoms with Gasteiger partial charge in [-0.1, -0.05) is 15.9 Å². The average molecular weight is 309 g/mol. The van der Waals surface area contributed by atoms with Crippen LogP contribution in [0.4, 0.5) is 11.4 Å². The molecular weight excluding hydrogens is 296 g/mol. The van der Waals surface area contributed by atoms with Gasteiger partial charge in [0.05, 0.1) is 23.2 Å². The van der Waals surface area contributed by atoms with Gasteiger partial charge in [-0.3, -0.25) is 4.79 Å². The first-order valence-electron chi connectivity index (χ1n) is 5.40. The number of anilines is 2. The summed E-state index contributed by atoms with van der Waals surface area (Å²) in [5.74, 6) is 0.360. The molecule has 0 aliphatic rings. The molecule has 2 rings (SSSR count). The zero-order chi connectivity index (χ0) is 13.3. The molecule has 4 nitrogen and oxygen atoms in total. The van der Waals surface area contributed by atoms with Crippen LogP contribution in [-0.4, -0.2) is 5.91 Å². The molecule has 3 N–H and O–H groups in total. The third-order valence-corrected chi connectivity index (χ3v) is 3.13. The molecule has 0 saturated carbocycles. The molecule has 1 amide bonds. The number of halogens is 1. The lowest BCUT2D eigenvalue weighted by Crippen LogP contribution is -2.14. The monoisotopic (exact) mass is 308 g/mol. The van der Waals surface area contributed by atoms with Crippen LogP contribution in [0.15, 0.2) is 33.4 Å². The molecule has 18 heavy (non-hydrogen) atoms. The fraction of sp³-hybridized carbons (Fsp3) is 0.154. The van der Waals surface area contributed by atoms with Gasteiger partial charge in [-0.05, 0) is 37.6 Å². The fourth-order valence-electron chi connectivity index (χ4n) is 1.74. The Morgan fingerprint density at radius 1 is 1.39 bits per heavy atom. The number of hydrogen-bond acceptors (Lipinski definition) is 3. The number of nitrogen functional groups attached to an aromatic ring is 1. The van der Waals surface area contributed by atoms with E-state index in [1.54, 1.807) is 19.1 Å². The molecule has 0 saturated heterocycles. The van der Waals surface area contributed by atoms with Crippen molar-refractivity contribution in [3.63, 3.8) is 0 Å². The molecule has 0 aliphatic heterocycles. The molecule has 0 fully saturated rings. The minimum atomic E-state index is -0.224. The quantitative estimate of drug-likeness (QED) is 0.834. The summed E-state index contributed by atoms with van der Waals surface area (Å²) in [6.07, 6.45) is 1.49. The third kappa shape index (κ3) is 2.41. The number of furan rings is 1. The number of nitrogens with one attached hydrogen (secondary N) is 1. The zero-order valence-corrected chi connectivity index (χ0v) is 11.7. The maximum atomic E-state index is 12.0. The van der Waals surface area contributed by atoms with Crippen LogP contribution in [0.1, 0.15) is 21.7 Å². The number of carbonyl (C=O) groups excluding carboxylic acids is 1. The summed E-state index contributed by atoms with van der Waals surface area (Å²) in [4.78, 5) is 12.0. The topological polar surface area (TPSA) is 68.3 Å². The van der Waals surface area contributed by atoms with Gasteiger partial charge in [0, 0.05) is 4.47 Å². The van der Waals surface area contributed by atoms with E-state index >= 15 is 0 Å². The summed E-state index contributed by atoms with van der Waals surface area (Å²) in [5, 5.41) is 2.80. The van der Waals surface area contributed by atoms with Crippen LogP contribution < -0.4 is 11.1 Å². The highest BCUT2D eigenvalue weighted by molar-refractivity contribution is 9.10. The summed E-state index contributed by atoms with van der Waals surface area (Å²) >= 11 is 3.36. The number of aryl methyl sites for hydroxylation is 2. The lowest BCUT2D eigenvalue weighted by Gasteiger charge is -2.11. The van der Waals surface area contributed by atoms with Gasteiger partial charge in [0.25, 0.3) is 5.91 Å². The maximum Gasteiger partial charge on any atom is 0.259 e. The van der Waals surface area contributed by atoms with E-state index < -0.39 is 0 Å². The number of hydrogen-bond donors (Lipinski definition) is 2. The summed E-state index contributed by atoms with van der Waals surface area (Å²) in [5.41, 5.74) is 8.46. The van der Waals surface area contributed by atoms with E-state index in [-0.39, 0.29) is 5.91 Å². The smallest absolute Gasteiger partial charge is 0.259 e. The van der Waals surface area contributed by atoms with Crippen LogP contribution >= 0.6 is 15.9 Å². The Labute approximate surface area is 113 Å². The predicted molar refractivity (Wildman–Crippen MR) is 74.7 cm³/mol. The Morgan fingerprint density at radius 3 is 2.67 bits per heavy atom. The van der Waals surface area contributed by atoms with Crippen LogP contribution in [0.3, 0.4) is 0 Å². The van der Waals surface area contributed by atoms with Crippen LogP contribution in [-0.2, 0) is 0 Å². The standard InChI is InChI=1S/C13H13BrN2O2/c1-7-5-9(14)6-11(15)12(7)16-13(17)10-3-4-18-8(10)2/h3-6H,15H2,1-2H3,(H,16,17). The second kappa shape index (κ2) is 4.86. The van der Waals surface area contributed by atoms with Gasteiger partial charge in [0.2, 0.25) is 0 Å². The lowest BCUT2D eigenvalue weighted by atomic mass is 10.1. The predicted octanol–water partition coefficient (Wildman–Crippen LogP) is 3.49. The molecule has 0 unspecified atom stereocenters. The number of nitrogens with two attached hydrogens (primary N) is 1. The number of rotatable bonds is 2. The summed E-state index contributed by atoms with van der Waals surface area (Å²) in [7, 11) is 0. The van der Waals surface area contributed by atoms with Gasteiger partial charge < -0.3 is 15.5 Å². The van der Waals surface area contributed by atoms with E-state index in [4.69, 9.17) is 10.2 Å². The molecule has 0 atom stereocenters. The van der Waals surface area contributed by atoms with E-state index in [2.05, 4.69) is 21.2 Å². The molecular formula is C13H13BrN2O2. The second-order valence-electron chi connectivity index (χ2n) is 4.03. The molecule has 5 heteroatoms. The Balaban J connectivity index is 2.31. The van der Waals surface area contributed by atoms with Gasteiger partial charge in [0.1, 0.15) is 5.76 Å². The number of amides is 1. The van der Waals surface area contributed by atoms with Crippen LogP contribution in [0.2, 0.25) is 0 Å². The highest BCUT2D eigenvalue weighted by Gasteiger charge is 2.14. The maximum absolute atomic E-state index is 12.0. The van der Waals surface area contributed by atoms with Gasteiger partial charge in [-0.25, -0.2) is 0 Å². The van der Waals surface area contributed by atoms with Gasteiger partial charge in [-0.15, -0.1) is 0 Å². The first kappa shape index (κ1) is 12.7. The number of benzene rings is 1. The summed E-state index contributed by atoms with van der Waals surface area (Å²) in [6, 6.07) is 5.29. The zero-order valence-electron chi connectivity index (χ0n) is 10.1. The Hall–Kier alpha value is -1.75. The SMILES string of the molecule is Cc1cc(Br)cc(N)c1NC(=O)c1ccoc1C. The Morgan fingerprint density at radius 2 is 2.11 bits per heavy atom. The molecule has 0 aliphatic carbocycles. The number of carbonyl (C=O) groups is 1. The Bertz CT molecular complexity index is 582. The molecule has 2 aromatic rings. The van der Waals surface area contributed by atoms with Gasteiger partial charge >= 0.3 is 0 Å². The van der Waals surface area contributed by atoms with Crippen molar-refractivity contribution in [2.45, 2.75) is 13.8 Å². The Kier molecular flexibility index (Phi) is 3.43. The molecule has 1 heterocycles. The van der Waals surface area contributed by atoms with Crippen LogP contribution in [0, 0.1) is 13.8 Å². The van der Waals surface area contributed by atoms with E-state index in [1.165, 1.54) is 6.26 Å². The van der Waals surface area contributed by atoms with Gasteiger partial charge in [-0.2, -0.15) is 0 Å². The first-order valence-corrected chi connectivity index (χ1v) is 6.19. The van der Waals surface area contributed by atoms with Crippen molar-refractivity contribution in [2.75, 3.05) is 11.1 Å².